The summed E-state index contributed by atoms with van der Waals surface area (Å²) in [5.74, 6) is 2.64. The van der Waals surface area contributed by atoms with Crippen molar-refractivity contribution in [2.45, 2.75) is 51.1 Å². The van der Waals surface area contributed by atoms with Crippen LogP contribution in [0.2, 0.25) is 5.02 Å². The van der Waals surface area contributed by atoms with Gasteiger partial charge in [-0.25, -0.2) is 9.38 Å². The van der Waals surface area contributed by atoms with Gasteiger partial charge in [0.05, 0.1) is 16.5 Å². The Morgan fingerprint density at radius 2 is 1.91 bits per heavy atom. The number of rotatable bonds is 3. The molecule has 1 atom stereocenters. The second kappa shape index (κ2) is 7.77. The molecule has 1 N–H and O–H groups in total. The molecule has 7 heteroatoms. The molecule has 4 aliphatic carbocycles. The first-order chi connectivity index (χ1) is 15.5. The first kappa shape index (κ1) is 20.5. The maximum absolute atomic E-state index is 13.8. The van der Waals surface area contributed by atoms with E-state index < -0.39 is 5.82 Å². The molecule has 168 valence electrons. The Bertz CT molecular complexity index is 1010. The van der Waals surface area contributed by atoms with Crippen molar-refractivity contribution in [1.82, 2.24) is 10.2 Å². The Labute approximate surface area is 192 Å². The Morgan fingerprint density at radius 1 is 1.19 bits per heavy atom. The molecule has 5 nitrogen and oxygen atoms in total. The number of halogens is 2. The third-order valence-electron chi connectivity index (χ3n) is 8.21. The van der Waals surface area contributed by atoms with Crippen LogP contribution in [0.1, 0.15) is 44.1 Å². The molecule has 4 fully saturated rings. The molecule has 7 rings (SSSR count). The standard InChI is InChI=1S/C25H28ClFN4O/c26-20-2-1-15(8-21(20)27)12-31-4-3-19-22(13-31)28-14-29-23(19)30-24(32)25-9-16-5-17(10-25)7-18(6-16)11-25/h1-3,8,14,16-18,22H,4-7,9-13H2,(H,28,29,30,32). The van der Waals surface area contributed by atoms with Gasteiger partial charge in [0, 0.05) is 25.2 Å². The molecule has 2 aliphatic heterocycles. The van der Waals surface area contributed by atoms with E-state index in [9.17, 15) is 9.18 Å². The van der Waals surface area contributed by atoms with E-state index in [0.717, 1.165) is 48.2 Å². The summed E-state index contributed by atoms with van der Waals surface area (Å²) in [5.41, 5.74) is 1.69. The summed E-state index contributed by atoms with van der Waals surface area (Å²) in [6.45, 7) is 2.03. The highest BCUT2D eigenvalue weighted by Gasteiger charge is 2.54. The van der Waals surface area contributed by atoms with Crippen LogP contribution >= 0.6 is 11.6 Å². The van der Waals surface area contributed by atoms with Crippen molar-refractivity contribution in [2.75, 3.05) is 13.1 Å². The molecular weight excluding hydrogens is 427 g/mol. The molecule has 2 heterocycles. The minimum absolute atomic E-state index is 0.0648. The van der Waals surface area contributed by atoms with Crippen LogP contribution in [0.3, 0.4) is 0 Å². The third kappa shape index (κ3) is 3.61. The first-order valence-corrected chi connectivity index (χ1v) is 12.1. The Kier molecular flexibility index (Phi) is 4.99. The SMILES string of the molecule is O=C(NC1=NC=NC2CN(Cc3ccc(Cl)c(F)c3)CC=C12)C12CC3CC(CC(C3)C1)C2. The normalized spacial score (nSPS) is 35.3. The van der Waals surface area contributed by atoms with Crippen LogP contribution < -0.4 is 5.32 Å². The lowest BCUT2D eigenvalue weighted by atomic mass is 9.49. The Hall–Kier alpha value is -2.05. The number of benzene rings is 1. The van der Waals surface area contributed by atoms with Gasteiger partial charge in [-0.3, -0.25) is 14.7 Å². The van der Waals surface area contributed by atoms with Crippen molar-refractivity contribution in [3.63, 3.8) is 0 Å². The zero-order valence-electron chi connectivity index (χ0n) is 18.1. The second-order valence-corrected chi connectivity index (χ2v) is 10.9. The van der Waals surface area contributed by atoms with Gasteiger partial charge in [0.1, 0.15) is 18.0 Å². The van der Waals surface area contributed by atoms with Gasteiger partial charge >= 0.3 is 0 Å². The van der Waals surface area contributed by atoms with Crippen molar-refractivity contribution in [3.8, 4) is 0 Å². The molecule has 0 aromatic heterocycles. The van der Waals surface area contributed by atoms with Gasteiger partial charge < -0.3 is 5.32 Å². The summed E-state index contributed by atoms with van der Waals surface area (Å²) < 4.78 is 13.8. The highest BCUT2D eigenvalue weighted by molar-refractivity contribution is 6.30. The third-order valence-corrected chi connectivity index (χ3v) is 8.51. The van der Waals surface area contributed by atoms with E-state index in [1.807, 2.05) is 6.07 Å². The smallest absolute Gasteiger partial charge is 0.231 e. The van der Waals surface area contributed by atoms with Gasteiger partial charge in [0.15, 0.2) is 0 Å². The van der Waals surface area contributed by atoms with Crippen LogP contribution in [-0.4, -0.2) is 42.1 Å². The average Bonchev–Trinajstić information content (AvgIpc) is 2.75. The fourth-order valence-corrected chi connectivity index (χ4v) is 7.29. The van der Waals surface area contributed by atoms with E-state index in [1.54, 1.807) is 12.4 Å². The van der Waals surface area contributed by atoms with Gasteiger partial charge in [-0.05, 0) is 74.0 Å². The van der Waals surface area contributed by atoms with Gasteiger partial charge in [-0.2, -0.15) is 0 Å². The van der Waals surface area contributed by atoms with E-state index in [1.165, 1.54) is 25.3 Å². The molecule has 6 aliphatic rings. The molecule has 4 saturated carbocycles. The minimum atomic E-state index is -0.394. The first-order valence-electron chi connectivity index (χ1n) is 11.7. The van der Waals surface area contributed by atoms with Gasteiger partial charge in [-0.15, -0.1) is 0 Å². The van der Waals surface area contributed by atoms with Crippen molar-refractivity contribution in [1.29, 1.82) is 0 Å². The van der Waals surface area contributed by atoms with Crippen molar-refractivity contribution in [2.24, 2.45) is 33.2 Å². The van der Waals surface area contributed by atoms with Crippen LogP contribution in [0.5, 0.6) is 0 Å². The van der Waals surface area contributed by atoms with E-state index in [0.29, 0.717) is 25.5 Å². The Morgan fingerprint density at radius 3 is 2.59 bits per heavy atom. The van der Waals surface area contributed by atoms with Crippen molar-refractivity contribution >= 4 is 29.7 Å². The van der Waals surface area contributed by atoms with Gasteiger partial charge in [0.25, 0.3) is 0 Å². The summed E-state index contributed by atoms with van der Waals surface area (Å²) in [5, 5.41) is 3.36. The highest BCUT2D eigenvalue weighted by atomic mass is 35.5. The van der Waals surface area contributed by atoms with Crippen molar-refractivity contribution < 1.29 is 9.18 Å². The second-order valence-electron chi connectivity index (χ2n) is 10.5. The molecule has 1 unspecified atom stereocenters. The van der Waals surface area contributed by atoms with Crippen LogP contribution in [0, 0.1) is 29.0 Å². The predicted octanol–water partition coefficient (Wildman–Crippen LogP) is 4.36. The quantitative estimate of drug-likeness (QED) is 0.737. The number of hydrogen-bond donors (Lipinski definition) is 1. The highest BCUT2D eigenvalue weighted by Crippen LogP contribution is 2.60. The maximum atomic E-state index is 13.8. The summed E-state index contributed by atoms with van der Waals surface area (Å²) in [6.07, 6.45) is 10.8. The molecule has 4 bridgehead atoms. The fourth-order valence-electron chi connectivity index (χ4n) is 7.17. The molecular formula is C25H28ClFN4O. The average molecular weight is 455 g/mol. The number of nitrogens with zero attached hydrogens (tertiary/aromatic N) is 3. The lowest BCUT2D eigenvalue weighted by molar-refractivity contribution is -0.144. The molecule has 0 spiro atoms. The zero-order chi connectivity index (χ0) is 21.9. The van der Waals surface area contributed by atoms with E-state index >= 15 is 0 Å². The number of fused-ring (bicyclic) bond motifs is 1. The fraction of sp³-hybridized carbons (Fsp3) is 0.560. The number of amides is 1. The lowest BCUT2D eigenvalue weighted by Gasteiger charge is -2.55. The monoisotopic (exact) mass is 454 g/mol. The summed E-state index contributed by atoms with van der Waals surface area (Å²) in [6, 6.07) is 4.88. The predicted molar refractivity (Wildman–Crippen MR) is 123 cm³/mol. The van der Waals surface area contributed by atoms with Crippen molar-refractivity contribution in [3.05, 3.63) is 46.3 Å². The molecule has 0 radical (unpaired) electrons. The number of hydrogen-bond acceptors (Lipinski definition) is 4. The molecule has 32 heavy (non-hydrogen) atoms. The topological polar surface area (TPSA) is 57.1 Å². The van der Waals surface area contributed by atoms with Gasteiger partial charge in [-0.1, -0.05) is 23.7 Å². The van der Waals surface area contributed by atoms with Gasteiger partial charge in [0.2, 0.25) is 5.91 Å². The Balaban J connectivity index is 1.15. The van der Waals surface area contributed by atoms with E-state index in [2.05, 4.69) is 26.3 Å². The van der Waals surface area contributed by atoms with E-state index in [4.69, 9.17) is 11.6 Å². The zero-order valence-corrected chi connectivity index (χ0v) is 18.8. The largest absolute Gasteiger partial charge is 0.310 e. The minimum Gasteiger partial charge on any atom is -0.310 e. The number of carbonyl (C=O) groups is 1. The molecule has 1 aromatic carbocycles. The summed E-state index contributed by atoms with van der Waals surface area (Å²) in [4.78, 5) is 24.7. The number of carbonyl (C=O) groups excluding carboxylic acids is 1. The van der Waals surface area contributed by atoms with Crippen LogP contribution in [0.15, 0.2) is 39.8 Å². The number of aliphatic imine (C=N–C) groups is 2. The summed E-state index contributed by atoms with van der Waals surface area (Å²) >= 11 is 5.81. The van der Waals surface area contributed by atoms with E-state index in [-0.39, 0.29) is 22.4 Å². The maximum Gasteiger partial charge on any atom is 0.231 e. The van der Waals surface area contributed by atoms with Crippen LogP contribution in [0.4, 0.5) is 4.39 Å². The molecule has 0 saturated heterocycles. The number of nitrogens with one attached hydrogen (secondary N) is 1. The molecule has 1 aromatic rings. The van der Waals surface area contributed by atoms with Crippen LogP contribution in [-0.2, 0) is 11.3 Å². The van der Waals surface area contributed by atoms with Crippen LogP contribution in [0.25, 0.3) is 0 Å². The summed E-state index contributed by atoms with van der Waals surface area (Å²) in [7, 11) is 0. The number of amidine groups is 1. The lowest BCUT2D eigenvalue weighted by Crippen LogP contribution is -2.55. The molecule has 1 amide bonds.